The number of unbranched alkanes of at least 4 members (excludes halogenated alkanes) is 9. The highest BCUT2D eigenvalue weighted by molar-refractivity contribution is 6.67. The quantitative estimate of drug-likeness (QED) is 0.251. The fraction of sp³-hybridized carbons (Fsp3) is 1.00. The summed E-state index contributed by atoms with van der Waals surface area (Å²) in [6.07, 6.45) is 13.6. The lowest BCUT2D eigenvalue weighted by atomic mass is 10.1. The molecule has 0 atom stereocenters. The van der Waals surface area contributed by atoms with Gasteiger partial charge in [0, 0.05) is 0 Å². The number of halogens is 3. The molecule has 0 bridgehead atoms. The molecule has 0 saturated carbocycles. The van der Waals surface area contributed by atoms with E-state index < -0.39 is 13.7 Å². The van der Waals surface area contributed by atoms with E-state index in [4.69, 9.17) is 39.2 Å². The van der Waals surface area contributed by atoms with Gasteiger partial charge >= 0.3 is 0 Å². The van der Waals surface area contributed by atoms with Gasteiger partial charge in [0.05, 0.1) is 0 Å². The summed E-state index contributed by atoms with van der Waals surface area (Å²) in [5, 5.41) is 0. The summed E-state index contributed by atoms with van der Waals surface area (Å²) in [5.74, 6) is 0. The third kappa shape index (κ3) is 17.0. The van der Waals surface area contributed by atoms with Crippen LogP contribution in [0.3, 0.4) is 0 Å². The van der Waals surface area contributed by atoms with Crippen LogP contribution < -0.4 is 0 Å². The summed E-state index contributed by atoms with van der Waals surface area (Å²) in [4.78, 5) is 0. The molecule has 18 heavy (non-hydrogen) atoms. The molecule has 0 saturated heterocycles. The van der Waals surface area contributed by atoms with E-state index in [-0.39, 0.29) is 0 Å². The lowest BCUT2D eigenvalue weighted by molar-refractivity contribution is 0.338. The summed E-state index contributed by atoms with van der Waals surface area (Å²) in [7, 11) is -0.642. The van der Waals surface area contributed by atoms with Crippen LogP contribution in [0.2, 0.25) is 6.04 Å². The van der Waals surface area contributed by atoms with Crippen LogP contribution in [0.15, 0.2) is 0 Å². The van der Waals surface area contributed by atoms with Crippen LogP contribution in [0.4, 0.5) is 0 Å². The Morgan fingerprint density at radius 2 is 1.22 bits per heavy atom. The highest BCUT2D eigenvalue weighted by Gasteiger charge is 2.18. The van der Waals surface area contributed by atoms with Gasteiger partial charge in [0.25, 0.3) is 3.98 Å². The Morgan fingerprint density at radius 1 is 0.778 bits per heavy atom. The van der Waals surface area contributed by atoms with Crippen molar-refractivity contribution >= 4 is 44.6 Å². The zero-order valence-electron chi connectivity index (χ0n) is 11.5. The van der Waals surface area contributed by atoms with Crippen molar-refractivity contribution in [3.63, 3.8) is 0 Å². The third-order valence-corrected chi connectivity index (χ3v) is 5.32. The molecule has 0 N–H and O–H groups in total. The predicted molar refractivity (Wildman–Crippen MR) is 86.6 cm³/mol. The SMILES string of the molecule is CCCCCCCCCCCC[SiH2]OC(Cl)(Cl)Cl. The van der Waals surface area contributed by atoms with Crippen LogP contribution >= 0.6 is 34.8 Å². The smallest absolute Gasteiger partial charge is 0.287 e. The third-order valence-electron chi connectivity index (χ3n) is 3.01. The summed E-state index contributed by atoms with van der Waals surface area (Å²) < 4.78 is 3.67. The normalized spacial score (nSPS) is 12.7. The van der Waals surface area contributed by atoms with Crippen molar-refractivity contribution in [2.45, 2.75) is 81.2 Å². The van der Waals surface area contributed by atoms with Gasteiger partial charge in [0.1, 0.15) is 0 Å². The Labute approximate surface area is 130 Å². The molecule has 0 amide bonds. The average molecular weight is 334 g/mol. The Balaban J connectivity index is 2.99. The molecule has 0 unspecified atom stereocenters. The molecule has 0 heterocycles. The highest BCUT2D eigenvalue weighted by Crippen LogP contribution is 2.27. The van der Waals surface area contributed by atoms with Crippen molar-refractivity contribution in [3.8, 4) is 0 Å². The van der Waals surface area contributed by atoms with Crippen molar-refractivity contribution in [3.05, 3.63) is 0 Å². The monoisotopic (exact) mass is 332 g/mol. The Hall–Kier alpha value is 1.05. The van der Waals surface area contributed by atoms with Crippen molar-refractivity contribution in [1.29, 1.82) is 0 Å². The molecule has 0 aromatic rings. The van der Waals surface area contributed by atoms with Crippen molar-refractivity contribution in [1.82, 2.24) is 0 Å². The minimum atomic E-state index is -1.48. The summed E-state index contributed by atoms with van der Waals surface area (Å²) in [6.45, 7) is 2.26. The molecule has 0 aromatic heterocycles. The van der Waals surface area contributed by atoms with Crippen LogP contribution in [0.25, 0.3) is 0 Å². The maximum absolute atomic E-state index is 5.51. The molecule has 110 valence electrons. The summed E-state index contributed by atoms with van der Waals surface area (Å²) >= 11 is 16.5. The van der Waals surface area contributed by atoms with Crippen molar-refractivity contribution in [2.24, 2.45) is 0 Å². The Morgan fingerprint density at radius 3 is 1.67 bits per heavy atom. The van der Waals surface area contributed by atoms with Crippen LogP contribution in [0, 0.1) is 0 Å². The van der Waals surface area contributed by atoms with Crippen LogP contribution in [0.5, 0.6) is 0 Å². The fourth-order valence-corrected chi connectivity index (χ4v) is 3.58. The molecule has 0 aliphatic heterocycles. The van der Waals surface area contributed by atoms with E-state index in [1.54, 1.807) is 0 Å². The summed E-state index contributed by atoms with van der Waals surface area (Å²) in [6, 6.07) is 1.12. The van der Waals surface area contributed by atoms with E-state index in [1.807, 2.05) is 0 Å². The minimum absolute atomic E-state index is 0.642. The van der Waals surface area contributed by atoms with E-state index in [2.05, 4.69) is 6.92 Å². The van der Waals surface area contributed by atoms with E-state index in [0.29, 0.717) is 0 Å². The molecular weight excluding hydrogens is 307 g/mol. The predicted octanol–water partition coefficient (Wildman–Crippen LogP) is 5.75. The second-order valence-electron chi connectivity index (χ2n) is 4.83. The Bertz CT molecular complexity index is 174. The molecule has 0 aliphatic rings. The van der Waals surface area contributed by atoms with E-state index in [1.165, 1.54) is 64.2 Å². The maximum atomic E-state index is 5.51. The number of alkyl halides is 3. The second kappa shape index (κ2) is 13.0. The topological polar surface area (TPSA) is 9.23 Å². The molecule has 1 nitrogen and oxygen atoms in total. The molecule has 0 aromatic carbocycles. The van der Waals surface area contributed by atoms with E-state index in [0.717, 1.165) is 6.04 Å². The van der Waals surface area contributed by atoms with Crippen LogP contribution in [0.1, 0.15) is 71.1 Å². The second-order valence-corrected chi connectivity index (χ2v) is 8.41. The van der Waals surface area contributed by atoms with E-state index >= 15 is 0 Å². The number of rotatable bonds is 12. The first kappa shape index (κ1) is 19.0. The first-order valence-electron chi connectivity index (χ1n) is 7.27. The molecule has 0 rings (SSSR count). The Kier molecular flexibility index (Phi) is 13.8. The van der Waals surface area contributed by atoms with Crippen molar-refractivity contribution < 1.29 is 4.43 Å². The molecule has 0 spiro atoms. The molecule has 0 fully saturated rings. The molecule has 0 radical (unpaired) electrons. The fourth-order valence-electron chi connectivity index (χ4n) is 1.95. The minimum Gasteiger partial charge on any atom is -0.383 e. The van der Waals surface area contributed by atoms with E-state index in [9.17, 15) is 0 Å². The van der Waals surface area contributed by atoms with Gasteiger partial charge in [-0.15, -0.1) is 0 Å². The van der Waals surface area contributed by atoms with Gasteiger partial charge in [-0.3, -0.25) is 0 Å². The maximum Gasteiger partial charge on any atom is 0.287 e. The van der Waals surface area contributed by atoms with Gasteiger partial charge in [-0.2, -0.15) is 0 Å². The number of hydrogen-bond donors (Lipinski definition) is 0. The average Bonchev–Trinajstić information content (AvgIpc) is 2.29. The van der Waals surface area contributed by atoms with Gasteiger partial charge in [-0.1, -0.05) is 106 Å². The first-order valence-corrected chi connectivity index (χ1v) is 9.98. The first-order chi connectivity index (χ1) is 8.56. The summed E-state index contributed by atoms with van der Waals surface area (Å²) in [5.41, 5.74) is 0. The zero-order valence-corrected chi connectivity index (χ0v) is 15.2. The van der Waals surface area contributed by atoms with Crippen LogP contribution in [-0.4, -0.2) is 13.7 Å². The lowest BCUT2D eigenvalue weighted by Crippen LogP contribution is -2.12. The molecule has 0 aliphatic carbocycles. The number of hydrogen-bond acceptors (Lipinski definition) is 1. The lowest BCUT2D eigenvalue weighted by Gasteiger charge is -2.11. The van der Waals surface area contributed by atoms with Crippen molar-refractivity contribution in [2.75, 3.05) is 0 Å². The largest absolute Gasteiger partial charge is 0.383 e. The van der Waals surface area contributed by atoms with Crippen LogP contribution in [-0.2, 0) is 4.43 Å². The van der Waals surface area contributed by atoms with Gasteiger partial charge in [0.2, 0.25) is 0 Å². The van der Waals surface area contributed by atoms with Gasteiger partial charge in [-0.25, -0.2) is 0 Å². The zero-order chi connectivity index (χ0) is 13.7. The van der Waals surface area contributed by atoms with Gasteiger partial charge < -0.3 is 4.43 Å². The van der Waals surface area contributed by atoms with Gasteiger partial charge in [0.15, 0.2) is 9.76 Å². The molecule has 5 heteroatoms. The van der Waals surface area contributed by atoms with Gasteiger partial charge in [-0.05, 0) is 6.04 Å². The highest BCUT2D eigenvalue weighted by atomic mass is 35.6. The standard InChI is InChI=1S/C13H27Cl3OSi/c1-2-3-4-5-6-7-8-9-10-11-12-18-17-13(14,15)16/h2-12,18H2,1H3. The molecular formula is C13H27Cl3OSi.